The molecule has 9 nitrogen and oxygen atoms in total. The van der Waals surface area contributed by atoms with Crippen molar-refractivity contribution in [2.75, 3.05) is 23.7 Å². The molecule has 4 heterocycles. The highest BCUT2D eigenvalue weighted by Crippen LogP contribution is 2.32. The van der Waals surface area contributed by atoms with Crippen LogP contribution in [0.4, 0.5) is 10.8 Å². The minimum absolute atomic E-state index is 0.0470. The number of pyridine rings is 1. The van der Waals surface area contributed by atoms with Crippen LogP contribution in [0.1, 0.15) is 51.0 Å². The fourth-order valence-corrected chi connectivity index (χ4v) is 5.49. The first-order valence-corrected chi connectivity index (χ1v) is 13.9. The van der Waals surface area contributed by atoms with E-state index in [1.165, 1.54) is 17.4 Å². The minimum atomic E-state index is -0.315. The second-order valence-corrected chi connectivity index (χ2v) is 12.1. The molecule has 0 aliphatic carbocycles. The van der Waals surface area contributed by atoms with Crippen molar-refractivity contribution in [3.63, 3.8) is 0 Å². The van der Waals surface area contributed by atoms with Crippen LogP contribution in [0.15, 0.2) is 52.0 Å². The van der Waals surface area contributed by atoms with Crippen LogP contribution in [-0.4, -0.2) is 50.7 Å². The van der Waals surface area contributed by atoms with Crippen molar-refractivity contribution < 1.29 is 14.0 Å². The van der Waals surface area contributed by atoms with Gasteiger partial charge in [0, 0.05) is 12.0 Å². The number of oxazole rings is 1. The summed E-state index contributed by atoms with van der Waals surface area (Å²) in [5, 5.41) is 7.06. The van der Waals surface area contributed by atoms with Crippen molar-refractivity contribution in [3.8, 4) is 0 Å². The summed E-state index contributed by atoms with van der Waals surface area (Å²) >= 11 is 3.14. The van der Waals surface area contributed by atoms with E-state index in [0.717, 1.165) is 39.3 Å². The molecule has 4 rings (SSSR count). The third kappa shape index (κ3) is 7.42. The highest BCUT2D eigenvalue weighted by molar-refractivity contribution is 8.00. The lowest BCUT2D eigenvalue weighted by molar-refractivity contribution is -0.135. The minimum Gasteiger partial charge on any atom is -0.444 e. The van der Waals surface area contributed by atoms with Gasteiger partial charge in [0.15, 0.2) is 10.9 Å². The van der Waals surface area contributed by atoms with Gasteiger partial charge in [0.2, 0.25) is 11.8 Å². The van der Waals surface area contributed by atoms with E-state index in [4.69, 9.17) is 4.42 Å². The molecule has 1 amide bonds. The fourth-order valence-electron chi connectivity index (χ4n) is 3.71. The molecule has 0 bridgehead atoms. The third-order valence-corrected chi connectivity index (χ3v) is 7.92. The zero-order valence-corrected chi connectivity index (χ0v) is 23.0. The number of nitrogens with one attached hydrogen (secondary N) is 2. The van der Waals surface area contributed by atoms with Crippen LogP contribution < -0.4 is 10.6 Å². The molecule has 1 aliphatic rings. The number of nitrogens with zero attached hydrogens (tertiary/aromatic N) is 4. The van der Waals surface area contributed by atoms with Gasteiger partial charge in [-0.2, -0.15) is 0 Å². The van der Waals surface area contributed by atoms with Crippen LogP contribution in [0.2, 0.25) is 0 Å². The van der Waals surface area contributed by atoms with Crippen molar-refractivity contribution in [2.24, 2.45) is 0 Å². The van der Waals surface area contributed by atoms with E-state index >= 15 is 0 Å². The quantitative estimate of drug-likeness (QED) is 0.259. The molecule has 196 valence electrons. The number of thioether (sulfide) groups is 1. The van der Waals surface area contributed by atoms with Gasteiger partial charge in [-0.3, -0.25) is 14.6 Å². The van der Waals surface area contributed by atoms with Gasteiger partial charge in [0.05, 0.1) is 53.0 Å². The van der Waals surface area contributed by atoms with E-state index in [1.54, 1.807) is 24.2 Å². The maximum Gasteiger partial charge on any atom is 0.245 e. The Bertz CT molecular complexity index is 1230. The SMILES string of the molecule is C=CC(=O)CNc1ccc(CN2CCC[C@@H](Nc3ncc(SCc4ncc(C(C)(C)C)o4)s3)C2=O)nc1. The number of rotatable bonds is 11. The first-order valence-electron chi connectivity index (χ1n) is 12.1. The number of carbonyl (C=O) groups is 2. The lowest BCUT2D eigenvalue weighted by Crippen LogP contribution is -2.47. The van der Waals surface area contributed by atoms with Crippen LogP contribution in [-0.2, 0) is 27.3 Å². The zero-order chi connectivity index (χ0) is 26.4. The van der Waals surface area contributed by atoms with Gasteiger partial charge in [0.1, 0.15) is 11.8 Å². The highest BCUT2D eigenvalue weighted by Gasteiger charge is 2.29. The van der Waals surface area contributed by atoms with E-state index in [1.807, 2.05) is 23.2 Å². The summed E-state index contributed by atoms with van der Waals surface area (Å²) in [7, 11) is 0. The van der Waals surface area contributed by atoms with Gasteiger partial charge in [-0.1, -0.05) is 38.7 Å². The van der Waals surface area contributed by atoms with Crippen LogP contribution in [0.5, 0.6) is 0 Å². The Morgan fingerprint density at radius 1 is 1.27 bits per heavy atom. The van der Waals surface area contributed by atoms with Crippen LogP contribution >= 0.6 is 23.1 Å². The standard InChI is InChI=1S/C26H32N6O3S2/c1-5-19(33)12-28-17-8-9-18(27-11-17)15-32-10-6-7-20(24(32)34)31-25-30-14-23(37-25)36-16-22-29-13-21(35-22)26(2,3)4/h5,8-9,11,13-14,20,28H,1,6-7,10,12,15-16H2,2-4H3,(H,30,31)/t20-/m1/s1. The molecular weight excluding hydrogens is 508 g/mol. The molecule has 0 unspecified atom stereocenters. The molecule has 1 aliphatic heterocycles. The van der Waals surface area contributed by atoms with Gasteiger partial charge < -0.3 is 20.0 Å². The van der Waals surface area contributed by atoms with Crippen molar-refractivity contribution in [1.29, 1.82) is 0 Å². The summed E-state index contributed by atoms with van der Waals surface area (Å²) in [5.41, 5.74) is 1.48. The van der Waals surface area contributed by atoms with Gasteiger partial charge in [-0.15, -0.1) is 11.8 Å². The van der Waals surface area contributed by atoms with E-state index in [0.29, 0.717) is 24.7 Å². The number of hydrogen-bond donors (Lipinski definition) is 2. The second-order valence-electron chi connectivity index (χ2n) is 9.80. The second kappa shape index (κ2) is 11.9. The molecular formula is C26H32N6O3S2. The summed E-state index contributed by atoms with van der Waals surface area (Å²) in [6.45, 7) is 11.1. The molecule has 11 heteroatoms. The average Bonchev–Trinajstić information content (AvgIpc) is 3.54. The number of amides is 1. The number of hydrogen-bond acceptors (Lipinski definition) is 10. The lowest BCUT2D eigenvalue weighted by atomic mass is 9.94. The maximum atomic E-state index is 13.1. The lowest BCUT2D eigenvalue weighted by Gasteiger charge is -2.32. The smallest absolute Gasteiger partial charge is 0.245 e. The van der Waals surface area contributed by atoms with Gasteiger partial charge in [-0.05, 0) is 31.1 Å². The van der Waals surface area contributed by atoms with Crippen molar-refractivity contribution in [1.82, 2.24) is 19.9 Å². The van der Waals surface area contributed by atoms with Crippen LogP contribution in [0.3, 0.4) is 0 Å². The Morgan fingerprint density at radius 2 is 2.11 bits per heavy atom. The van der Waals surface area contributed by atoms with E-state index < -0.39 is 0 Å². The largest absolute Gasteiger partial charge is 0.444 e. The van der Waals surface area contributed by atoms with Crippen molar-refractivity contribution in [2.45, 2.75) is 61.6 Å². The van der Waals surface area contributed by atoms with Gasteiger partial charge in [-0.25, -0.2) is 9.97 Å². The third-order valence-electron chi connectivity index (χ3n) is 5.82. The summed E-state index contributed by atoms with van der Waals surface area (Å²) < 4.78 is 6.90. The Balaban J connectivity index is 1.28. The van der Waals surface area contributed by atoms with E-state index in [-0.39, 0.29) is 29.7 Å². The Kier molecular flexibility index (Phi) is 8.65. The number of carbonyl (C=O) groups excluding carboxylic acids is 2. The van der Waals surface area contributed by atoms with Crippen molar-refractivity contribution >= 4 is 45.6 Å². The van der Waals surface area contributed by atoms with Crippen LogP contribution in [0, 0.1) is 0 Å². The summed E-state index contributed by atoms with van der Waals surface area (Å²) in [6.07, 6.45) is 8.23. The number of ketones is 1. The van der Waals surface area contributed by atoms with E-state index in [9.17, 15) is 9.59 Å². The molecule has 0 aromatic carbocycles. The fraction of sp³-hybridized carbons (Fsp3) is 0.423. The highest BCUT2D eigenvalue weighted by atomic mass is 32.2. The average molecular weight is 541 g/mol. The molecule has 3 aromatic rings. The molecule has 1 atom stereocenters. The maximum absolute atomic E-state index is 13.1. The first kappa shape index (κ1) is 26.9. The van der Waals surface area contributed by atoms with Gasteiger partial charge in [0.25, 0.3) is 0 Å². The molecule has 0 saturated carbocycles. The first-order chi connectivity index (χ1) is 17.7. The topological polar surface area (TPSA) is 113 Å². The summed E-state index contributed by atoms with van der Waals surface area (Å²) in [6, 6.07) is 3.41. The number of aromatic nitrogens is 3. The Morgan fingerprint density at radius 3 is 2.81 bits per heavy atom. The predicted octanol–water partition coefficient (Wildman–Crippen LogP) is 4.89. The number of anilines is 2. The molecule has 1 fully saturated rings. The normalized spacial score (nSPS) is 16.0. The van der Waals surface area contributed by atoms with Crippen LogP contribution in [0.25, 0.3) is 0 Å². The number of likely N-dealkylation sites (tertiary alicyclic amines) is 1. The molecule has 0 spiro atoms. The predicted molar refractivity (Wildman–Crippen MR) is 147 cm³/mol. The molecule has 37 heavy (non-hydrogen) atoms. The Hall–Kier alpha value is -3.18. The molecule has 1 saturated heterocycles. The molecule has 3 aromatic heterocycles. The van der Waals surface area contributed by atoms with Crippen molar-refractivity contribution in [3.05, 3.63) is 60.7 Å². The van der Waals surface area contributed by atoms with Gasteiger partial charge >= 0.3 is 0 Å². The monoisotopic (exact) mass is 540 g/mol. The summed E-state index contributed by atoms with van der Waals surface area (Å²) in [5.74, 6) is 2.15. The zero-order valence-electron chi connectivity index (χ0n) is 21.3. The summed E-state index contributed by atoms with van der Waals surface area (Å²) in [4.78, 5) is 39.6. The van der Waals surface area contributed by atoms with E-state index in [2.05, 4.69) is 52.9 Å². The molecule has 2 N–H and O–H groups in total. The molecule has 0 radical (unpaired) electrons. The number of piperidine rings is 1. The Labute approximate surface area is 225 Å². The number of thiazole rings is 1.